The van der Waals surface area contributed by atoms with Crippen molar-refractivity contribution in [3.63, 3.8) is 0 Å². The van der Waals surface area contributed by atoms with Crippen molar-refractivity contribution in [1.29, 1.82) is 0 Å². The topological polar surface area (TPSA) is 104 Å². The Balaban J connectivity index is 2.20. The van der Waals surface area contributed by atoms with Gasteiger partial charge in [0.25, 0.3) is 0 Å². The minimum Gasteiger partial charge on any atom is -0.508 e. The number of ether oxygens (including phenoxy) is 1. The Morgan fingerprint density at radius 1 is 0.818 bits per heavy atom. The molecule has 8 heteroatoms. The molecular weight excluding hydrogens is 556 g/mol. The van der Waals surface area contributed by atoms with Crippen molar-refractivity contribution < 1.29 is 29.6 Å². The largest absolute Gasteiger partial charge is 0.508 e. The number of aromatic carboxylic acids is 1. The molecule has 170 valence electrons. The van der Waals surface area contributed by atoms with Crippen LogP contribution < -0.4 is 0 Å². The maximum atomic E-state index is 13.1. The maximum Gasteiger partial charge on any atom is 0.340 e. The summed E-state index contributed by atoms with van der Waals surface area (Å²) in [6.45, 7) is 7.21. The summed E-state index contributed by atoms with van der Waals surface area (Å²) in [5.41, 5.74) is 2.61. The zero-order chi connectivity index (χ0) is 24.4. The monoisotopic (exact) mass is 574 g/mol. The Bertz CT molecular complexity index is 1310. The molecule has 1 aliphatic heterocycles. The van der Waals surface area contributed by atoms with Crippen molar-refractivity contribution >= 4 is 43.8 Å². The van der Waals surface area contributed by atoms with Crippen LogP contribution in [0.3, 0.4) is 0 Å². The number of carboxylic acids is 1. The number of halogens is 2. The highest BCUT2D eigenvalue weighted by atomic mass is 79.9. The van der Waals surface area contributed by atoms with Gasteiger partial charge in [0.05, 0.1) is 11.1 Å². The van der Waals surface area contributed by atoms with Gasteiger partial charge in [0.1, 0.15) is 11.5 Å². The number of aromatic hydroxyl groups is 2. The molecule has 0 unspecified atom stereocenters. The molecule has 0 aromatic heterocycles. The molecule has 0 saturated carbocycles. The quantitative estimate of drug-likeness (QED) is 0.330. The van der Waals surface area contributed by atoms with Crippen molar-refractivity contribution in [1.82, 2.24) is 0 Å². The molecule has 3 aromatic rings. The van der Waals surface area contributed by atoms with Crippen LogP contribution in [0.25, 0.3) is 0 Å². The molecule has 1 aliphatic rings. The Hall–Kier alpha value is -2.84. The summed E-state index contributed by atoms with van der Waals surface area (Å²) in [5.74, 6) is -1.85. The van der Waals surface area contributed by atoms with E-state index < -0.39 is 17.5 Å². The lowest BCUT2D eigenvalue weighted by molar-refractivity contribution is 0.0245. The number of phenolic OH excluding ortho intramolecular Hbond substituents is 2. The first-order valence-corrected chi connectivity index (χ1v) is 11.6. The van der Waals surface area contributed by atoms with E-state index in [4.69, 9.17) is 4.74 Å². The molecule has 6 nitrogen and oxygen atoms in total. The second-order valence-corrected chi connectivity index (χ2v) is 9.74. The molecule has 0 amide bonds. The van der Waals surface area contributed by atoms with Crippen molar-refractivity contribution in [2.75, 3.05) is 0 Å². The Kier molecular flexibility index (Phi) is 5.57. The molecule has 0 radical (unpaired) electrons. The Morgan fingerprint density at radius 2 is 1.30 bits per heavy atom. The van der Waals surface area contributed by atoms with E-state index in [2.05, 4.69) is 31.9 Å². The van der Waals surface area contributed by atoms with Crippen LogP contribution in [0.1, 0.15) is 59.7 Å². The van der Waals surface area contributed by atoms with Gasteiger partial charge < -0.3 is 20.1 Å². The fraction of sp³-hybridized carbons (Fsp3) is 0.200. The smallest absolute Gasteiger partial charge is 0.340 e. The van der Waals surface area contributed by atoms with Gasteiger partial charge in [0.15, 0.2) is 5.60 Å². The van der Waals surface area contributed by atoms with Gasteiger partial charge in [-0.1, -0.05) is 37.9 Å². The molecule has 4 rings (SSSR count). The van der Waals surface area contributed by atoms with E-state index in [-0.39, 0.29) is 22.6 Å². The van der Waals surface area contributed by atoms with E-state index in [0.29, 0.717) is 36.8 Å². The third-order valence-corrected chi connectivity index (χ3v) is 8.50. The molecule has 0 spiro atoms. The fourth-order valence-corrected chi connectivity index (χ4v) is 5.58. The van der Waals surface area contributed by atoms with Gasteiger partial charge in [-0.15, -0.1) is 0 Å². The van der Waals surface area contributed by atoms with Gasteiger partial charge in [-0.05, 0) is 74.2 Å². The molecule has 3 N–H and O–H groups in total. The lowest BCUT2D eigenvalue weighted by Crippen LogP contribution is -2.31. The van der Waals surface area contributed by atoms with E-state index in [0.717, 1.165) is 11.1 Å². The first-order chi connectivity index (χ1) is 15.4. The number of phenols is 2. The van der Waals surface area contributed by atoms with Crippen molar-refractivity contribution in [3.05, 3.63) is 89.3 Å². The Labute approximate surface area is 207 Å². The third kappa shape index (κ3) is 3.27. The predicted molar refractivity (Wildman–Crippen MR) is 129 cm³/mol. The fourth-order valence-electron chi connectivity index (χ4n) is 4.19. The molecule has 0 atom stereocenters. The molecule has 33 heavy (non-hydrogen) atoms. The van der Waals surface area contributed by atoms with Crippen LogP contribution in [0.5, 0.6) is 11.5 Å². The SMILES string of the molecule is Cc1c(O)cc(C2(c3cc(O)c(C)c(C)c3Br)OC(=O)c3cc(C(=O)O)ccc32)c(Br)c1C. The minimum absolute atomic E-state index is 0.0147. The normalized spacial score (nSPS) is 14.2. The number of hydrogen-bond donors (Lipinski definition) is 3. The van der Waals surface area contributed by atoms with Crippen LogP contribution in [0.15, 0.2) is 39.3 Å². The average molecular weight is 576 g/mol. The molecular formula is C25H20Br2O6. The second-order valence-electron chi connectivity index (χ2n) is 8.15. The first-order valence-electron chi connectivity index (χ1n) is 10.0. The van der Waals surface area contributed by atoms with Crippen molar-refractivity contribution in [2.45, 2.75) is 33.3 Å². The predicted octanol–water partition coefficient (Wildman–Crippen LogP) is 6.02. The molecule has 0 bridgehead atoms. The van der Waals surface area contributed by atoms with Gasteiger partial charge >= 0.3 is 11.9 Å². The lowest BCUT2D eigenvalue weighted by Gasteiger charge is -2.33. The van der Waals surface area contributed by atoms with Crippen LogP contribution in [-0.4, -0.2) is 27.3 Å². The molecule has 3 aromatic carbocycles. The summed E-state index contributed by atoms with van der Waals surface area (Å²) >= 11 is 7.24. The van der Waals surface area contributed by atoms with Gasteiger partial charge in [-0.2, -0.15) is 0 Å². The van der Waals surface area contributed by atoms with E-state index in [1.807, 2.05) is 13.8 Å². The number of hydrogen-bond acceptors (Lipinski definition) is 5. The molecule has 0 aliphatic carbocycles. The number of carbonyl (C=O) groups excluding carboxylic acids is 1. The van der Waals surface area contributed by atoms with Crippen LogP contribution in [0.2, 0.25) is 0 Å². The average Bonchev–Trinajstić information content (AvgIpc) is 3.08. The van der Waals surface area contributed by atoms with Crippen molar-refractivity contribution in [3.8, 4) is 11.5 Å². The number of esters is 1. The molecule has 0 fully saturated rings. The highest BCUT2D eigenvalue weighted by Crippen LogP contribution is 2.54. The van der Waals surface area contributed by atoms with Gasteiger partial charge in [0.2, 0.25) is 0 Å². The number of carbonyl (C=O) groups is 2. The zero-order valence-electron chi connectivity index (χ0n) is 18.2. The lowest BCUT2D eigenvalue weighted by atomic mass is 9.77. The van der Waals surface area contributed by atoms with Crippen LogP contribution in [0, 0.1) is 27.7 Å². The molecule has 1 heterocycles. The summed E-state index contributed by atoms with van der Waals surface area (Å²) in [4.78, 5) is 24.7. The summed E-state index contributed by atoms with van der Waals surface area (Å²) in [6.07, 6.45) is 0. The van der Waals surface area contributed by atoms with Crippen LogP contribution >= 0.6 is 31.9 Å². The number of benzene rings is 3. The Morgan fingerprint density at radius 3 is 1.76 bits per heavy atom. The second kappa shape index (κ2) is 7.88. The first kappa shape index (κ1) is 23.3. The van der Waals surface area contributed by atoms with Crippen LogP contribution in [0.4, 0.5) is 0 Å². The maximum absolute atomic E-state index is 13.1. The highest BCUT2D eigenvalue weighted by molar-refractivity contribution is 9.11. The van der Waals surface area contributed by atoms with E-state index >= 15 is 0 Å². The van der Waals surface area contributed by atoms with Gasteiger partial charge in [0, 0.05) is 25.6 Å². The number of carboxylic acid groups (broad SMARTS) is 1. The number of rotatable bonds is 3. The third-order valence-electron chi connectivity index (χ3n) is 6.46. The highest BCUT2D eigenvalue weighted by Gasteiger charge is 2.51. The summed E-state index contributed by atoms with van der Waals surface area (Å²) in [5, 5.41) is 30.8. The van der Waals surface area contributed by atoms with Gasteiger partial charge in [-0.3, -0.25) is 0 Å². The van der Waals surface area contributed by atoms with Crippen molar-refractivity contribution in [2.24, 2.45) is 0 Å². The van der Waals surface area contributed by atoms with Gasteiger partial charge in [-0.25, -0.2) is 9.59 Å². The van der Waals surface area contributed by atoms with E-state index in [1.165, 1.54) is 24.3 Å². The summed E-state index contributed by atoms with van der Waals surface area (Å²) in [6, 6.07) is 7.28. The number of cyclic esters (lactones) is 1. The number of fused-ring (bicyclic) bond motifs is 1. The standard InChI is InChI=1S/C25H20Br2O6/c1-10-12(3)21(26)17(8-19(10)28)25(18-9-20(29)11(2)13(4)22(18)27)16-6-5-14(23(30)31)7-15(16)24(32)33-25/h5-9,28-29H,1-4H3,(H,30,31). The van der Waals surface area contributed by atoms with E-state index in [9.17, 15) is 24.9 Å². The minimum atomic E-state index is -1.56. The van der Waals surface area contributed by atoms with E-state index in [1.54, 1.807) is 19.9 Å². The summed E-state index contributed by atoms with van der Waals surface area (Å²) < 4.78 is 7.31. The zero-order valence-corrected chi connectivity index (χ0v) is 21.4. The van der Waals surface area contributed by atoms with Crippen LogP contribution in [-0.2, 0) is 10.3 Å². The summed E-state index contributed by atoms with van der Waals surface area (Å²) in [7, 11) is 0. The molecule has 0 saturated heterocycles.